The molecule has 0 saturated heterocycles. The van der Waals surface area contributed by atoms with Crippen LogP contribution in [0.5, 0.6) is 0 Å². The molecule has 10 aromatic carbocycles. The third-order valence-corrected chi connectivity index (χ3v) is 10.9. The highest BCUT2D eigenvalue weighted by Gasteiger charge is 2.18. The highest BCUT2D eigenvalue weighted by atomic mass is 14.2. The van der Waals surface area contributed by atoms with Gasteiger partial charge >= 0.3 is 0 Å². The zero-order valence-electron chi connectivity index (χ0n) is 29.8. The second-order valence-corrected chi connectivity index (χ2v) is 14.1. The predicted octanol–water partition coefficient (Wildman–Crippen LogP) is 15.1. The van der Waals surface area contributed by atoms with E-state index in [0.717, 1.165) is 0 Å². The Kier molecular flexibility index (Phi) is 7.93. The smallest absolute Gasteiger partial charge is 0.00261 e. The molecule has 0 heterocycles. The Labute approximate surface area is 316 Å². The van der Waals surface area contributed by atoms with Crippen LogP contribution in [0.1, 0.15) is 0 Å². The van der Waals surface area contributed by atoms with Gasteiger partial charge in [-0.2, -0.15) is 0 Å². The number of hydrogen-bond acceptors (Lipinski definition) is 0. The summed E-state index contributed by atoms with van der Waals surface area (Å²) in [6.45, 7) is 0. The molecule has 10 aromatic rings. The Morgan fingerprint density at radius 3 is 1.30 bits per heavy atom. The van der Waals surface area contributed by atoms with Gasteiger partial charge in [-0.05, 0) is 117 Å². The summed E-state index contributed by atoms with van der Waals surface area (Å²) in [6, 6.07) is 79.8. The lowest BCUT2D eigenvalue weighted by Gasteiger charge is -2.19. The first-order chi connectivity index (χ1) is 26.8. The Morgan fingerprint density at radius 1 is 0.185 bits per heavy atom. The first-order valence-corrected chi connectivity index (χ1v) is 18.7. The van der Waals surface area contributed by atoms with Crippen LogP contribution in [0.3, 0.4) is 0 Å². The van der Waals surface area contributed by atoms with Crippen LogP contribution in [0.2, 0.25) is 0 Å². The fourth-order valence-electron chi connectivity index (χ4n) is 8.25. The first-order valence-electron chi connectivity index (χ1n) is 18.7. The van der Waals surface area contributed by atoms with Crippen molar-refractivity contribution >= 4 is 32.3 Å². The molecular formula is C54H36. The third kappa shape index (κ3) is 5.66. The van der Waals surface area contributed by atoms with Crippen LogP contribution < -0.4 is 0 Å². The number of fused-ring (bicyclic) bond motifs is 3. The summed E-state index contributed by atoms with van der Waals surface area (Å²) in [6.07, 6.45) is 0. The van der Waals surface area contributed by atoms with E-state index in [-0.39, 0.29) is 0 Å². The molecule has 0 unspecified atom stereocenters. The lowest BCUT2D eigenvalue weighted by molar-refractivity contribution is 1.56. The topological polar surface area (TPSA) is 0 Å². The molecule has 0 bridgehead atoms. The molecule has 0 N–H and O–H groups in total. The zero-order valence-corrected chi connectivity index (χ0v) is 29.8. The molecule has 0 fully saturated rings. The Hall–Kier alpha value is -7.02. The van der Waals surface area contributed by atoms with Gasteiger partial charge in [0.25, 0.3) is 0 Å². The van der Waals surface area contributed by atoms with Crippen molar-refractivity contribution in [1.82, 2.24) is 0 Å². The van der Waals surface area contributed by atoms with Crippen LogP contribution in [0.4, 0.5) is 0 Å². The minimum absolute atomic E-state index is 1.19. The SMILES string of the molecule is c1ccc(-c2cccc(-c3ccc(-c4c5ccccc5c(-c5ccccc5)c5ccccc45)cc3-c3ccc(-c4ccc5ccccc5c4)cc3)c2)cc1. The second-order valence-electron chi connectivity index (χ2n) is 14.1. The number of hydrogen-bond donors (Lipinski definition) is 0. The van der Waals surface area contributed by atoms with Crippen molar-refractivity contribution in [2.24, 2.45) is 0 Å². The highest BCUT2D eigenvalue weighted by molar-refractivity contribution is 6.21. The number of rotatable bonds is 6. The first kappa shape index (κ1) is 31.7. The molecule has 0 aliphatic carbocycles. The van der Waals surface area contributed by atoms with Crippen LogP contribution >= 0.6 is 0 Å². The maximum absolute atomic E-state index is 2.42. The van der Waals surface area contributed by atoms with E-state index in [2.05, 4.69) is 218 Å². The minimum Gasteiger partial charge on any atom is -0.0622 e. The molecule has 0 heteroatoms. The molecule has 0 atom stereocenters. The minimum atomic E-state index is 1.19. The van der Waals surface area contributed by atoms with Crippen molar-refractivity contribution in [3.05, 3.63) is 218 Å². The second kappa shape index (κ2) is 13.5. The van der Waals surface area contributed by atoms with E-state index in [0.29, 0.717) is 0 Å². The number of benzene rings is 10. The fraction of sp³-hybridized carbons (Fsp3) is 0. The molecule has 10 rings (SSSR count). The van der Waals surface area contributed by atoms with Gasteiger partial charge < -0.3 is 0 Å². The average molecular weight is 685 g/mol. The van der Waals surface area contributed by atoms with E-state index >= 15 is 0 Å². The average Bonchev–Trinajstić information content (AvgIpc) is 3.26. The molecular weight excluding hydrogens is 649 g/mol. The molecule has 0 aromatic heterocycles. The largest absolute Gasteiger partial charge is 0.0622 e. The highest BCUT2D eigenvalue weighted by Crippen LogP contribution is 2.46. The lowest BCUT2D eigenvalue weighted by atomic mass is 9.84. The van der Waals surface area contributed by atoms with Gasteiger partial charge in [0.1, 0.15) is 0 Å². The van der Waals surface area contributed by atoms with Gasteiger partial charge in [-0.15, -0.1) is 0 Å². The Balaban J connectivity index is 1.18. The van der Waals surface area contributed by atoms with Gasteiger partial charge in [-0.1, -0.05) is 200 Å². The summed E-state index contributed by atoms with van der Waals surface area (Å²) < 4.78 is 0. The fourth-order valence-corrected chi connectivity index (χ4v) is 8.25. The van der Waals surface area contributed by atoms with Crippen LogP contribution in [0.15, 0.2) is 218 Å². The summed E-state index contributed by atoms with van der Waals surface area (Å²) in [4.78, 5) is 0. The summed E-state index contributed by atoms with van der Waals surface area (Å²) in [5.41, 5.74) is 14.7. The summed E-state index contributed by atoms with van der Waals surface area (Å²) in [5, 5.41) is 7.55. The Bertz CT molecular complexity index is 2900. The molecule has 54 heavy (non-hydrogen) atoms. The van der Waals surface area contributed by atoms with Crippen LogP contribution in [-0.2, 0) is 0 Å². The van der Waals surface area contributed by atoms with Gasteiger partial charge in [-0.25, -0.2) is 0 Å². The van der Waals surface area contributed by atoms with Gasteiger partial charge in [0.05, 0.1) is 0 Å². The van der Waals surface area contributed by atoms with Gasteiger partial charge in [0, 0.05) is 0 Å². The van der Waals surface area contributed by atoms with Gasteiger partial charge in [-0.3, -0.25) is 0 Å². The molecule has 0 amide bonds. The molecule has 0 radical (unpaired) electrons. The van der Waals surface area contributed by atoms with E-state index in [1.54, 1.807) is 0 Å². The van der Waals surface area contributed by atoms with Gasteiger partial charge in [0.15, 0.2) is 0 Å². The Morgan fingerprint density at radius 2 is 0.630 bits per heavy atom. The standard InChI is InChI=1S/C54H36/c1-3-14-37(15-4-1)43-20-13-21-45(35-43)47-33-32-46(36-52(47)40-29-26-39(27-30-40)44-31-28-38-16-7-8-19-42(38)34-44)54-50-24-11-9-22-48(50)53(41-17-5-2-6-18-41)49-23-10-12-25-51(49)54/h1-36H. The van der Waals surface area contributed by atoms with E-state index < -0.39 is 0 Å². The molecule has 0 aliphatic rings. The summed E-state index contributed by atoms with van der Waals surface area (Å²) in [7, 11) is 0. The van der Waals surface area contributed by atoms with Crippen molar-refractivity contribution in [1.29, 1.82) is 0 Å². The lowest BCUT2D eigenvalue weighted by Crippen LogP contribution is -1.93. The van der Waals surface area contributed by atoms with Crippen LogP contribution in [0.25, 0.3) is 99.1 Å². The van der Waals surface area contributed by atoms with E-state index in [9.17, 15) is 0 Å². The molecule has 0 nitrogen and oxygen atoms in total. The summed E-state index contributed by atoms with van der Waals surface area (Å²) in [5.74, 6) is 0. The van der Waals surface area contributed by atoms with E-state index in [4.69, 9.17) is 0 Å². The molecule has 0 aliphatic heterocycles. The van der Waals surface area contributed by atoms with E-state index in [1.807, 2.05) is 0 Å². The zero-order chi connectivity index (χ0) is 35.8. The van der Waals surface area contributed by atoms with Crippen molar-refractivity contribution in [3.63, 3.8) is 0 Å². The van der Waals surface area contributed by atoms with E-state index in [1.165, 1.54) is 99.1 Å². The third-order valence-electron chi connectivity index (χ3n) is 10.9. The maximum atomic E-state index is 2.42. The maximum Gasteiger partial charge on any atom is -0.00261 e. The van der Waals surface area contributed by atoms with Gasteiger partial charge in [0.2, 0.25) is 0 Å². The quantitative estimate of drug-likeness (QED) is 0.153. The normalized spacial score (nSPS) is 11.3. The van der Waals surface area contributed by atoms with Crippen molar-refractivity contribution in [2.75, 3.05) is 0 Å². The monoisotopic (exact) mass is 684 g/mol. The molecule has 0 saturated carbocycles. The van der Waals surface area contributed by atoms with Crippen molar-refractivity contribution < 1.29 is 0 Å². The van der Waals surface area contributed by atoms with Crippen LogP contribution in [0, 0.1) is 0 Å². The summed E-state index contributed by atoms with van der Waals surface area (Å²) >= 11 is 0. The predicted molar refractivity (Wildman–Crippen MR) is 232 cm³/mol. The van der Waals surface area contributed by atoms with Crippen molar-refractivity contribution in [3.8, 4) is 66.8 Å². The molecule has 252 valence electrons. The van der Waals surface area contributed by atoms with Crippen LogP contribution in [-0.4, -0.2) is 0 Å². The molecule has 0 spiro atoms. The van der Waals surface area contributed by atoms with Crippen molar-refractivity contribution in [2.45, 2.75) is 0 Å².